The van der Waals surface area contributed by atoms with Gasteiger partial charge in [-0.3, -0.25) is 9.59 Å². The van der Waals surface area contributed by atoms with Crippen LogP contribution in [0.25, 0.3) is 0 Å². The van der Waals surface area contributed by atoms with Crippen LogP contribution < -0.4 is 0 Å². The molecular formula is C19H22N4O4. The third-order valence-electron chi connectivity index (χ3n) is 5.06. The minimum absolute atomic E-state index is 0.0643. The van der Waals surface area contributed by atoms with Gasteiger partial charge in [-0.1, -0.05) is 6.07 Å². The second-order valence-electron chi connectivity index (χ2n) is 6.81. The Labute approximate surface area is 157 Å². The van der Waals surface area contributed by atoms with Gasteiger partial charge in [0.15, 0.2) is 6.39 Å². The molecule has 0 saturated carbocycles. The third kappa shape index (κ3) is 3.85. The molecule has 1 atom stereocenters. The Morgan fingerprint density at radius 1 is 1.07 bits per heavy atom. The Morgan fingerprint density at radius 3 is 2.70 bits per heavy atom. The molecule has 0 aliphatic carbocycles. The van der Waals surface area contributed by atoms with Gasteiger partial charge < -0.3 is 19.0 Å². The highest BCUT2D eigenvalue weighted by Crippen LogP contribution is 2.27. The van der Waals surface area contributed by atoms with Crippen molar-refractivity contribution in [1.82, 2.24) is 19.8 Å². The number of carbonyl (C=O) groups is 2. The number of amides is 2. The second kappa shape index (κ2) is 7.87. The molecule has 2 aromatic rings. The van der Waals surface area contributed by atoms with Gasteiger partial charge in [0.25, 0.3) is 11.8 Å². The van der Waals surface area contributed by atoms with Gasteiger partial charge in [-0.05, 0) is 25.0 Å². The maximum Gasteiger partial charge on any atom is 0.291 e. The summed E-state index contributed by atoms with van der Waals surface area (Å²) in [6, 6.07) is 5.55. The first-order chi connectivity index (χ1) is 13.2. The number of likely N-dealkylation sites (tertiary alicyclic amines) is 1. The number of rotatable bonds is 3. The lowest BCUT2D eigenvalue weighted by Gasteiger charge is -2.32. The topological polar surface area (TPSA) is 88.8 Å². The lowest BCUT2D eigenvalue weighted by Crippen LogP contribution is -2.41. The second-order valence-corrected chi connectivity index (χ2v) is 6.81. The predicted molar refractivity (Wildman–Crippen MR) is 95.3 cm³/mol. The lowest BCUT2D eigenvalue weighted by atomic mass is 9.94. The number of oxazole rings is 1. The average Bonchev–Trinajstić information content (AvgIpc) is 3.28. The van der Waals surface area contributed by atoms with Crippen LogP contribution in [-0.4, -0.2) is 71.0 Å². The summed E-state index contributed by atoms with van der Waals surface area (Å²) in [4.78, 5) is 37.2. The van der Waals surface area contributed by atoms with Crippen LogP contribution in [0.4, 0.5) is 0 Å². The molecule has 0 bridgehead atoms. The molecule has 2 aliphatic heterocycles. The quantitative estimate of drug-likeness (QED) is 0.815. The smallest absolute Gasteiger partial charge is 0.291 e. The molecule has 8 nitrogen and oxygen atoms in total. The first-order valence-electron chi connectivity index (χ1n) is 9.24. The van der Waals surface area contributed by atoms with E-state index in [9.17, 15) is 9.59 Å². The van der Waals surface area contributed by atoms with Crippen LogP contribution in [0, 0.1) is 0 Å². The highest BCUT2D eigenvalue weighted by atomic mass is 16.5. The zero-order chi connectivity index (χ0) is 18.6. The molecule has 8 heteroatoms. The molecule has 2 aliphatic rings. The molecule has 0 aromatic carbocycles. The number of pyridine rings is 1. The number of nitrogens with zero attached hydrogens (tertiary/aromatic N) is 4. The Bertz CT molecular complexity index is 802. The fraction of sp³-hybridized carbons (Fsp3) is 0.474. The highest BCUT2D eigenvalue weighted by molar-refractivity contribution is 5.92. The van der Waals surface area contributed by atoms with E-state index in [1.165, 1.54) is 12.6 Å². The van der Waals surface area contributed by atoms with E-state index >= 15 is 0 Å². The van der Waals surface area contributed by atoms with Crippen LogP contribution in [0.5, 0.6) is 0 Å². The van der Waals surface area contributed by atoms with E-state index in [0.717, 1.165) is 18.5 Å². The Balaban J connectivity index is 1.48. The van der Waals surface area contributed by atoms with Gasteiger partial charge in [0.1, 0.15) is 5.69 Å². The molecule has 27 heavy (non-hydrogen) atoms. The number of morpholine rings is 1. The van der Waals surface area contributed by atoms with E-state index in [0.29, 0.717) is 45.1 Å². The van der Waals surface area contributed by atoms with Crippen LogP contribution >= 0.6 is 0 Å². The summed E-state index contributed by atoms with van der Waals surface area (Å²) in [5.74, 6) is 0.131. The molecule has 2 saturated heterocycles. The number of hydrogen-bond acceptors (Lipinski definition) is 6. The Kier molecular flexibility index (Phi) is 5.15. The maximum atomic E-state index is 12.7. The van der Waals surface area contributed by atoms with E-state index in [1.54, 1.807) is 15.9 Å². The highest BCUT2D eigenvalue weighted by Gasteiger charge is 2.28. The van der Waals surface area contributed by atoms with Crippen molar-refractivity contribution < 1.29 is 18.7 Å². The molecule has 2 fully saturated rings. The van der Waals surface area contributed by atoms with Gasteiger partial charge in [0.05, 0.1) is 19.4 Å². The van der Waals surface area contributed by atoms with E-state index in [1.807, 2.05) is 12.1 Å². The summed E-state index contributed by atoms with van der Waals surface area (Å²) in [6.07, 6.45) is 4.51. The van der Waals surface area contributed by atoms with Crippen molar-refractivity contribution >= 4 is 11.8 Å². The maximum absolute atomic E-state index is 12.7. The van der Waals surface area contributed by atoms with Crippen LogP contribution in [0.15, 0.2) is 35.2 Å². The summed E-state index contributed by atoms with van der Waals surface area (Å²) in [5.41, 5.74) is 1.30. The predicted octanol–water partition coefficient (Wildman–Crippen LogP) is 1.56. The minimum atomic E-state index is -0.155. The van der Waals surface area contributed by atoms with Crippen LogP contribution in [0.1, 0.15) is 45.5 Å². The Morgan fingerprint density at radius 2 is 1.93 bits per heavy atom. The molecular weight excluding hydrogens is 348 g/mol. The van der Waals surface area contributed by atoms with Gasteiger partial charge in [0.2, 0.25) is 5.76 Å². The fourth-order valence-electron chi connectivity index (χ4n) is 3.61. The van der Waals surface area contributed by atoms with Crippen molar-refractivity contribution in [2.45, 2.75) is 18.8 Å². The lowest BCUT2D eigenvalue weighted by molar-refractivity contribution is 0.0298. The van der Waals surface area contributed by atoms with Crippen molar-refractivity contribution in [2.75, 3.05) is 39.4 Å². The van der Waals surface area contributed by atoms with E-state index in [4.69, 9.17) is 9.15 Å². The van der Waals surface area contributed by atoms with Crippen molar-refractivity contribution in [3.05, 3.63) is 47.9 Å². The van der Waals surface area contributed by atoms with Gasteiger partial charge >= 0.3 is 0 Å². The molecule has 4 heterocycles. The van der Waals surface area contributed by atoms with Gasteiger partial charge in [-0.15, -0.1) is 0 Å². The molecule has 0 N–H and O–H groups in total. The van der Waals surface area contributed by atoms with E-state index in [2.05, 4.69) is 9.97 Å². The normalized spacial score (nSPS) is 20.5. The number of aromatic nitrogens is 2. The van der Waals surface area contributed by atoms with Crippen LogP contribution in [0.3, 0.4) is 0 Å². The van der Waals surface area contributed by atoms with Crippen molar-refractivity contribution in [1.29, 1.82) is 0 Å². The van der Waals surface area contributed by atoms with Gasteiger partial charge in [-0.2, -0.15) is 0 Å². The molecule has 2 amide bonds. The summed E-state index contributed by atoms with van der Waals surface area (Å²) in [6.45, 7) is 3.55. The number of ether oxygens (including phenoxy) is 1. The average molecular weight is 370 g/mol. The van der Waals surface area contributed by atoms with Crippen molar-refractivity contribution in [2.24, 2.45) is 0 Å². The molecule has 4 rings (SSSR count). The summed E-state index contributed by atoms with van der Waals surface area (Å²) in [5, 5.41) is 0. The van der Waals surface area contributed by atoms with Gasteiger partial charge in [-0.25, -0.2) is 9.97 Å². The van der Waals surface area contributed by atoms with E-state index < -0.39 is 0 Å². The van der Waals surface area contributed by atoms with Gasteiger partial charge in [0, 0.05) is 37.8 Å². The number of hydrogen-bond donors (Lipinski definition) is 0. The number of carbonyl (C=O) groups excluding carboxylic acids is 2. The standard InChI is InChI=1S/C19H22N4O4/c24-18(22-7-9-26-10-8-22)16-5-1-4-15(21-16)14-3-2-6-23(12-14)19(25)17-11-20-13-27-17/h1,4-5,11,13-14H,2-3,6-10,12H2. The third-order valence-corrected chi connectivity index (χ3v) is 5.06. The molecule has 0 spiro atoms. The fourth-order valence-corrected chi connectivity index (χ4v) is 3.61. The van der Waals surface area contributed by atoms with E-state index in [-0.39, 0.29) is 23.5 Å². The van der Waals surface area contributed by atoms with Crippen LogP contribution in [-0.2, 0) is 4.74 Å². The SMILES string of the molecule is O=C(c1cccc(C2CCCN(C(=O)c3cnco3)C2)n1)N1CCOCC1. The molecule has 142 valence electrons. The van der Waals surface area contributed by atoms with Crippen molar-refractivity contribution in [3.8, 4) is 0 Å². The summed E-state index contributed by atoms with van der Waals surface area (Å²) < 4.78 is 10.4. The molecule has 0 radical (unpaired) electrons. The first-order valence-corrected chi connectivity index (χ1v) is 9.24. The largest absolute Gasteiger partial charge is 0.438 e. The zero-order valence-electron chi connectivity index (χ0n) is 15.0. The zero-order valence-corrected chi connectivity index (χ0v) is 15.0. The Hall–Kier alpha value is -2.74. The summed E-state index contributed by atoms with van der Waals surface area (Å²) in [7, 11) is 0. The van der Waals surface area contributed by atoms with Crippen LogP contribution in [0.2, 0.25) is 0 Å². The van der Waals surface area contributed by atoms with Crippen molar-refractivity contribution in [3.63, 3.8) is 0 Å². The monoisotopic (exact) mass is 370 g/mol. The first kappa shape index (κ1) is 17.7. The minimum Gasteiger partial charge on any atom is -0.438 e. The number of piperidine rings is 1. The summed E-state index contributed by atoms with van der Waals surface area (Å²) >= 11 is 0. The molecule has 2 aromatic heterocycles. The molecule has 1 unspecified atom stereocenters.